The predicted octanol–water partition coefficient (Wildman–Crippen LogP) is 6.24. The minimum absolute atomic E-state index is 0.165. The maximum Gasteiger partial charge on any atom is 0.338 e. The Labute approximate surface area is 189 Å². The van der Waals surface area contributed by atoms with Gasteiger partial charge < -0.3 is 5.32 Å². The van der Waals surface area contributed by atoms with Crippen molar-refractivity contribution in [1.82, 2.24) is 10.4 Å². The number of hydrogen-bond acceptors (Lipinski definition) is 4. The number of halogens is 4. The number of urea groups is 1. The van der Waals surface area contributed by atoms with Gasteiger partial charge in [0.25, 0.3) is 5.91 Å². The lowest BCUT2D eigenvalue weighted by Crippen LogP contribution is -2.46. The normalized spacial score (nSPS) is 15.3. The van der Waals surface area contributed by atoms with Crippen LogP contribution in [0.3, 0.4) is 0 Å². The van der Waals surface area contributed by atoms with E-state index in [1.807, 2.05) is 0 Å². The number of hydrogen-bond donors (Lipinski definition) is 2. The summed E-state index contributed by atoms with van der Waals surface area (Å²) in [5.74, 6) is -0.490. The van der Waals surface area contributed by atoms with Gasteiger partial charge in [-0.3, -0.25) is 4.79 Å². The maximum absolute atomic E-state index is 12.6. The summed E-state index contributed by atoms with van der Waals surface area (Å²) in [7, 11) is 0. The second-order valence-corrected chi connectivity index (χ2v) is 8.63. The van der Waals surface area contributed by atoms with Crippen LogP contribution in [0.25, 0.3) is 6.08 Å². The third kappa shape index (κ3) is 4.74. The largest absolute Gasteiger partial charge is 0.338 e. The number of rotatable bonds is 3. The topological polar surface area (TPSA) is 61.4 Å². The molecule has 0 atom stereocenters. The van der Waals surface area contributed by atoms with Gasteiger partial charge in [-0.05, 0) is 48.1 Å². The Balaban J connectivity index is 1.73. The highest BCUT2D eigenvalue weighted by atomic mass is 35.5. The van der Waals surface area contributed by atoms with Gasteiger partial charge in [0, 0.05) is 5.69 Å². The fourth-order valence-electron chi connectivity index (χ4n) is 2.17. The van der Waals surface area contributed by atoms with Gasteiger partial charge in [0.05, 0.1) is 25.0 Å². The molecule has 11 heteroatoms. The first-order valence-corrected chi connectivity index (χ1v) is 10.2. The van der Waals surface area contributed by atoms with Crippen LogP contribution in [0.2, 0.25) is 20.1 Å². The first kappa shape index (κ1) is 21.2. The van der Waals surface area contributed by atoms with Gasteiger partial charge in [0.15, 0.2) is 4.32 Å². The summed E-state index contributed by atoms with van der Waals surface area (Å²) >= 11 is 30.1. The first-order chi connectivity index (χ1) is 13.3. The number of carbonyl (C=O) groups is 2. The van der Waals surface area contributed by atoms with Gasteiger partial charge in [-0.15, -0.1) is 0 Å². The fraction of sp³-hybridized carbons (Fsp3) is 0. The average Bonchev–Trinajstić information content (AvgIpc) is 2.89. The second-order valence-electron chi connectivity index (χ2n) is 5.35. The molecule has 144 valence electrons. The average molecular weight is 493 g/mol. The summed E-state index contributed by atoms with van der Waals surface area (Å²) in [4.78, 5) is 25.1. The quantitative estimate of drug-likeness (QED) is 0.393. The van der Waals surface area contributed by atoms with Crippen LogP contribution >= 0.6 is 70.4 Å². The van der Waals surface area contributed by atoms with E-state index in [-0.39, 0.29) is 9.34 Å². The third-order valence-corrected chi connectivity index (χ3v) is 6.33. The Morgan fingerprint density at radius 2 is 1.82 bits per heavy atom. The summed E-state index contributed by atoms with van der Waals surface area (Å²) in [5, 5.41) is 4.84. The van der Waals surface area contributed by atoms with Crippen molar-refractivity contribution >= 4 is 98.4 Å². The summed E-state index contributed by atoms with van der Waals surface area (Å²) in [6, 6.07) is 8.98. The molecule has 0 bridgehead atoms. The van der Waals surface area contributed by atoms with Crippen molar-refractivity contribution in [2.75, 3.05) is 5.32 Å². The number of anilines is 1. The highest BCUT2D eigenvalue weighted by Gasteiger charge is 2.33. The highest BCUT2D eigenvalue weighted by molar-refractivity contribution is 8.26. The Morgan fingerprint density at radius 1 is 1.07 bits per heavy atom. The maximum atomic E-state index is 12.6. The van der Waals surface area contributed by atoms with E-state index in [0.29, 0.717) is 31.2 Å². The Hall–Kier alpha value is -1.48. The van der Waals surface area contributed by atoms with Crippen LogP contribution in [0.5, 0.6) is 0 Å². The number of amides is 3. The van der Waals surface area contributed by atoms with Gasteiger partial charge in [-0.2, -0.15) is 5.01 Å². The van der Waals surface area contributed by atoms with Crippen LogP contribution < -0.4 is 10.7 Å². The molecule has 0 aromatic heterocycles. The minimum Gasteiger partial charge on any atom is -0.307 e. The number of carbonyl (C=O) groups excluding carboxylic acids is 2. The Bertz CT molecular complexity index is 1030. The van der Waals surface area contributed by atoms with Gasteiger partial charge in [-0.1, -0.05) is 70.3 Å². The number of thiocarbonyl (C=S) groups is 1. The highest BCUT2D eigenvalue weighted by Crippen LogP contribution is 2.34. The zero-order valence-corrected chi connectivity index (χ0v) is 18.3. The van der Waals surface area contributed by atoms with Crippen molar-refractivity contribution in [2.45, 2.75) is 0 Å². The van der Waals surface area contributed by atoms with Gasteiger partial charge in [-0.25, -0.2) is 10.2 Å². The fourth-order valence-corrected chi connectivity index (χ4v) is 4.00. The lowest BCUT2D eigenvalue weighted by atomic mass is 10.2. The van der Waals surface area contributed by atoms with Crippen LogP contribution in [-0.2, 0) is 4.79 Å². The predicted molar refractivity (Wildman–Crippen MR) is 120 cm³/mol. The number of benzene rings is 2. The van der Waals surface area contributed by atoms with E-state index in [1.54, 1.807) is 30.3 Å². The third-order valence-electron chi connectivity index (χ3n) is 3.45. The molecule has 3 rings (SSSR count). The molecule has 1 heterocycles. The molecule has 1 aliphatic heterocycles. The molecule has 2 aromatic carbocycles. The molecular weight excluding hydrogens is 484 g/mol. The smallest absolute Gasteiger partial charge is 0.307 e. The molecular formula is C17H9Cl4N3O2S2. The molecule has 0 radical (unpaired) electrons. The number of thioether (sulfide) groups is 1. The molecule has 5 nitrogen and oxygen atoms in total. The van der Waals surface area contributed by atoms with Crippen LogP contribution in [0.15, 0.2) is 41.3 Å². The molecule has 1 aliphatic rings. The molecule has 1 fully saturated rings. The van der Waals surface area contributed by atoms with E-state index < -0.39 is 11.9 Å². The summed E-state index contributed by atoms with van der Waals surface area (Å²) < 4.78 is 0.165. The van der Waals surface area contributed by atoms with E-state index in [1.165, 1.54) is 12.1 Å². The second kappa shape index (κ2) is 8.90. The van der Waals surface area contributed by atoms with Crippen LogP contribution in [0.4, 0.5) is 10.5 Å². The molecule has 3 amide bonds. The van der Waals surface area contributed by atoms with Crippen molar-refractivity contribution in [3.05, 3.63) is 67.0 Å². The Kier molecular flexibility index (Phi) is 6.75. The zero-order chi connectivity index (χ0) is 20.4. The SMILES string of the molecule is O=C(Nc1ccc(Cl)c(Cl)c1)NN1C(=O)/C(=C\c2cccc(Cl)c2Cl)SC1=S. The minimum atomic E-state index is -0.670. The molecule has 0 aliphatic carbocycles. The van der Waals surface area contributed by atoms with Crippen LogP contribution in [0, 0.1) is 0 Å². The molecule has 0 spiro atoms. The lowest BCUT2D eigenvalue weighted by molar-refractivity contribution is -0.123. The molecule has 28 heavy (non-hydrogen) atoms. The standard InChI is InChI=1S/C17H9Cl4N3O2S2/c18-10-5-4-9(7-12(10)20)22-16(26)23-24-15(25)13(28-17(24)27)6-8-2-1-3-11(19)14(8)21/h1-7H,(H2,22,23,26)/b13-6+. The lowest BCUT2D eigenvalue weighted by Gasteiger charge is -2.16. The van der Waals surface area contributed by atoms with Crippen molar-refractivity contribution in [2.24, 2.45) is 0 Å². The molecule has 1 saturated heterocycles. The van der Waals surface area contributed by atoms with Crippen molar-refractivity contribution < 1.29 is 9.59 Å². The van der Waals surface area contributed by atoms with Crippen molar-refractivity contribution in [3.8, 4) is 0 Å². The zero-order valence-electron chi connectivity index (χ0n) is 13.6. The van der Waals surface area contributed by atoms with E-state index in [0.717, 1.165) is 16.8 Å². The van der Waals surface area contributed by atoms with E-state index >= 15 is 0 Å². The van der Waals surface area contributed by atoms with Crippen molar-refractivity contribution in [3.63, 3.8) is 0 Å². The molecule has 2 aromatic rings. The van der Waals surface area contributed by atoms with Gasteiger partial charge >= 0.3 is 6.03 Å². The number of hydrazine groups is 1. The monoisotopic (exact) mass is 491 g/mol. The van der Waals surface area contributed by atoms with Gasteiger partial charge in [0.1, 0.15) is 0 Å². The van der Waals surface area contributed by atoms with E-state index in [2.05, 4.69) is 10.7 Å². The van der Waals surface area contributed by atoms with E-state index in [4.69, 9.17) is 58.6 Å². The van der Waals surface area contributed by atoms with E-state index in [9.17, 15) is 9.59 Å². The molecule has 0 saturated carbocycles. The van der Waals surface area contributed by atoms with Crippen molar-refractivity contribution in [1.29, 1.82) is 0 Å². The summed E-state index contributed by atoms with van der Waals surface area (Å²) in [6.07, 6.45) is 1.56. The number of nitrogens with one attached hydrogen (secondary N) is 2. The number of nitrogens with zero attached hydrogens (tertiary/aromatic N) is 1. The Morgan fingerprint density at radius 3 is 2.54 bits per heavy atom. The summed E-state index contributed by atoms with van der Waals surface area (Å²) in [5.41, 5.74) is 3.36. The summed E-state index contributed by atoms with van der Waals surface area (Å²) in [6.45, 7) is 0. The van der Waals surface area contributed by atoms with Gasteiger partial charge in [0.2, 0.25) is 0 Å². The molecule has 0 unspecified atom stereocenters. The van der Waals surface area contributed by atoms with Crippen LogP contribution in [-0.4, -0.2) is 21.3 Å². The van der Waals surface area contributed by atoms with Crippen LogP contribution in [0.1, 0.15) is 5.56 Å². The first-order valence-electron chi connectivity index (χ1n) is 7.51. The molecule has 2 N–H and O–H groups in total.